The molecule has 15 heavy (non-hydrogen) atoms. The maximum absolute atomic E-state index is 9.40. The van der Waals surface area contributed by atoms with Gasteiger partial charge in [0.15, 0.2) is 11.5 Å². The topological polar surface area (TPSA) is 42.4 Å². The minimum Gasteiger partial charge on any atom is -0.503 e. The summed E-state index contributed by atoms with van der Waals surface area (Å²) in [5.74, 6) is 0.516. The first-order chi connectivity index (χ1) is 7.36. The van der Waals surface area contributed by atoms with Crippen molar-refractivity contribution in [3.8, 4) is 11.5 Å². The molecule has 3 nitrogen and oxygen atoms in total. The predicted octanol–water partition coefficient (Wildman–Crippen LogP) is 2.37. The van der Waals surface area contributed by atoms with E-state index in [0.717, 1.165) is 5.56 Å². The van der Waals surface area contributed by atoms with E-state index < -0.39 is 0 Å². The molecular formula is C12H11NO2. The normalized spacial score (nSPS) is 9.87. The van der Waals surface area contributed by atoms with Gasteiger partial charge in [0.05, 0.1) is 6.20 Å². The molecule has 0 amide bonds. The Morgan fingerprint density at radius 1 is 1.13 bits per heavy atom. The minimum absolute atomic E-state index is 0.0634. The molecule has 0 spiro atoms. The second-order valence-electron chi connectivity index (χ2n) is 3.12. The fourth-order valence-electron chi connectivity index (χ4n) is 1.23. The summed E-state index contributed by atoms with van der Waals surface area (Å²) in [5.41, 5.74) is 1.06. The van der Waals surface area contributed by atoms with Crippen molar-refractivity contribution in [1.82, 2.24) is 4.98 Å². The third-order valence-corrected chi connectivity index (χ3v) is 2.00. The zero-order valence-electron chi connectivity index (χ0n) is 8.13. The van der Waals surface area contributed by atoms with Crippen LogP contribution in [-0.2, 0) is 6.61 Å². The third kappa shape index (κ3) is 2.47. The molecule has 3 heteroatoms. The van der Waals surface area contributed by atoms with Crippen molar-refractivity contribution in [2.75, 3.05) is 0 Å². The van der Waals surface area contributed by atoms with Gasteiger partial charge in [0.1, 0.15) is 6.61 Å². The van der Waals surface area contributed by atoms with Crippen LogP contribution in [-0.4, -0.2) is 10.1 Å². The van der Waals surface area contributed by atoms with Crippen molar-refractivity contribution in [2.24, 2.45) is 0 Å². The summed E-state index contributed by atoms with van der Waals surface area (Å²) in [5, 5.41) is 9.40. The monoisotopic (exact) mass is 201 g/mol. The van der Waals surface area contributed by atoms with Crippen LogP contribution in [0.15, 0.2) is 48.8 Å². The molecule has 0 bridgehead atoms. The molecule has 0 aliphatic carbocycles. The predicted molar refractivity (Wildman–Crippen MR) is 56.7 cm³/mol. The van der Waals surface area contributed by atoms with E-state index in [-0.39, 0.29) is 5.75 Å². The Morgan fingerprint density at radius 2 is 1.93 bits per heavy atom. The quantitative estimate of drug-likeness (QED) is 0.828. The van der Waals surface area contributed by atoms with Crippen molar-refractivity contribution in [1.29, 1.82) is 0 Å². The van der Waals surface area contributed by atoms with Crippen molar-refractivity contribution >= 4 is 0 Å². The smallest absolute Gasteiger partial charge is 0.176 e. The van der Waals surface area contributed by atoms with Gasteiger partial charge in [-0.3, -0.25) is 4.98 Å². The van der Waals surface area contributed by atoms with E-state index in [4.69, 9.17) is 4.74 Å². The number of hydrogen-bond acceptors (Lipinski definition) is 3. The highest BCUT2D eigenvalue weighted by Gasteiger charge is 2.00. The Morgan fingerprint density at radius 3 is 2.67 bits per heavy atom. The van der Waals surface area contributed by atoms with Gasteiger partial charge in [-0.1, -0.05) is 30.3 Å². The molecule has 0 aliphatic rings. The van der Waals surface area contributed by atoms with Crippen LogP contribution in [0.4, 0.5) is 0 Å². The summed E-state index contributed by atoms with van der Waals surface area (Å²) in [6.45, 7) is 0.443. The summed E-state index contributed by atoms with van der Waals surface area (Å²) in [6, 6.07) is 11.4. The molecule has 1 aromatic carbocycles. The molecule has 0 unspecified atom stereocenters. The molecule has 0 aliphatic heterocycles. The number of aromatic nitrogens is 1. The molecule has 0 saturated carbocycles. The van der Waals surface area contributed by atoms with E-state index in [9.17, 15) is 5.11 Å². The number of nitrogens with zero attached hydrogens (tertiary/aromatic N) is 1. The van der Waals surface area contributed by atoms with E-state index in [0.29, 0.717) is 12.4 Å². The molecule has 1 heterocycles. The Balaban J connectivity index is 2.03. The standard InChI is InChI=1S/C12H11NO2/c14-11-8-13-7-6-12(11)15-9-10-4-2-1-3-5-10/h1-8,14H,9H2. The largest absolute Gasteiger partial charge is 0.503 e. The Labute approximate surface area is 88.0 Å². The van der Waals surface area contributed by atoms with Crippen molar-refractivity contribution in [2.45, 2.75) is 6.61 Å². The maximum atomic E-state index is 9.40. The molecule has 0 atom stereocenters. The van der Waals surface area contributed by atoms with E-state index in [1.54, 1.807) is 12.3 Å². The Hall–Kier alpha value is -2.03. The van der Waals surface area contributed by atoms with E-state index in [1.165, 1.54) is 6.20 Å². The van der Waals surface area contributed by atoms with Crippen LogP contribution in [0.2, 0.25) is 0 Å². The average molecular weight is 201 g/mol. The van der Waals surface area contributed by atoms with Gasteiger partial charge in [-0.05, 0) is 5.56 Å². The molecule has 0 radical (unpaired) electrons. The zero-order valence-corrected chi connectivity index (χ0v) is 8.13. The van der Waals surface area contributed by atoms with E-state index >= 15 is 0 Å². The van der Waals surface area contributed by atoms with Crippen LogP contribution in [0.1, 0.15) is 5.56 Å². The number of ether oxygens (including phenoxy) is 1. The first kappa shape index (κ1) is 9.52. The van der Waals surface area contributed by atoms with Gasteiger partial charge in [-0.2, -0.15) is 0 Å². The van der Waals surface area contributed by atoms with Crippen molar-refractivity contribution in [3.63, 3.8) is 0 Å². The first-order valence-electron chi connectivity index (χ1n) is 4.66. The van der Waals surface area contributed by atoms with Crippen LogP contribution < -0.4 is 4.74 Å². The lowest BCUT2D eigenvalue weighted by Gasteiger charge is -2.06. The number of hydrogen-bond donors (Lipinski definition) is 1. The highest BCUT2D eigenvalue weighted by Crippen LogP contribution is 2.23. The lowest BCUT2D eigenvalue weighted by Crippen LogP contribution is -1.95. The first-order valence-corrected chi connectivity index (χ1v) is 4.66. The van der Waals surface area contributed by atoms with Gasteiger partial charge in [0, 0.05) is 12.3 Å². The SMILES string of the molecule is Oc1cnccc1OCc1ccccc1. The Kier molecular flexibility index (Phi) is 2.83. The third-order valence-electron chi connectivity index (χ3n) is 2.00. The van der Waals surface area contributed by atoms with Crippen molar-refractivity contribution < 1.29 is 9.84 Å². The molecule has 0 fully saturated rings. The average Bonchev–Trinajstić information content (AvgIpc) is 2.29. The van der Waals surface area contributed by atoms with Gasteiger partial charge in [0.25, 0.3) is 0 Å². The van der Waals surface area contributed by atoms with Crippen LogP contribution in [0.5, 0.6) is 11.5 Å². The molecule has 2 rings (SSSR count). The van der Waals surface area contributed by atoms with Crippen LogP contribution in [0.3, 0.4) is 0 Å². The molecule has 2 aromatic rings. The van der Waals surface area contributed by atoms with Crippen LogP contribution >= 0.6 is 0 Å². The molecule has 1 aromatic heterocycles. The summed E-state index contributed by atoms with van der Waals surface area (Å²) in [7, 11) is 0. The lowest BCUT2D eigenvalue weighted by atomic mass is 10.2. The van der Waals surface area contributed by atoms with Crippen LogP contribution in [0, 0.1) is 0 Å². The van der Waals surface area contributed by atoms with E-state index in [2.05, 4.69) is 4.98 Å². The summed E-state index contributed by atoms with van der Waals surface area (Å²) in [6.07, 6.45) is 2.94. The second kappa shape index (κ2) is 4.46. The molecule has 1 N–H and O–H groups in total. The van der Waals surface area contributed by atoms with Crippen LogP contribution in [0.25, 0.3) is 0 Å². The van der Waals surface area contributed by atoms with E-state index in [1.807, 2.05) is 30.3 Å². The molecule has 0 saturated heterocycles. The summed E-state index contributed by atoms with van der Waals surface area (Å²) in [4.78, 5) is 3.77. The maximum Gasteiger partial charge on any atom is 0.176 e. The van der Waals surface area contributed by atoms with Gasteiger partial charge in [-0.15, -0.1) is 0 Å². The number of pyridine rings is 1. The van der Waals surface area contributed by atoms with Gasteiger partial charge >= 0.3 is 0 Å². The molecular weight excluding hydrogens is 190 g/mol. The fraction of sp³-hybridized carbons (Fsp3) is 0.0833. The van der Waals surface area contributed by atoms with Gasteiger partial charge in [-0.25, -0.2) is 0 Å². The summed E-state index contributed by atoms with van der Waals surface area (Å²) < 4.78 is 5.43. The van der Waals surface area contributed by atoms with Gasteiger partial charge < -0.3 is 9.84 Å². The highest BCUT2D eigenvalue weighted by atomic mass is 16.5. The number of benzene rings is 1. The zero-order chi connectivity index (χ0) is 10.5. The summed E-state index contributed by atoms with van der Waals surface area (Å²) >= 11 is 0. The van der Waals surface area contributed by atoms with Gasteiger partial charge in [0.2, 0.25) is 0 Å². The number of rotatable bonds is 3. The minimum atomic E-state index is 0.0634. The van der Waals surface area contributed by atoms with Crippen molar-refractivity contribution in [3.05, 3.63) is 54.4 Å². The number of aromatic hydroxyl groups is 1. The molecule has 76 valence electrons. The Bertz CT molecular complexity index is 429. The second-order valence-corrected chi connectivity index (χ2v) is 3.12. The lowest BCUT2D eigenvalue weighted by molar-refractivity contribution is 0.288. The fourth-order valence-corrected chi connectivity index (χ4v) is 1.23. The highest BCUT2D eigenvalue weighted by molar-refractivity contribution is 5.35.